The molecular weight excluding hydrogens is 1240 g/mol. The predicted octanol–water partition coefficient (Wildman–Crippen LogP) is 9.00. The van der Waals surface area contributed by atoms with Gasteiger partial charge in [-0.25, -0.2) is 0 Å². The van der Waals surface area contributed by atoms with E-state index in [-0.39, 0.29) is 37.2 Å². The molecule has 1 aliphatic carbocycles. The molecule has 2 N–H and O–H groups in total. The third-order valence-electron chi connectivity index (χ3n) is 18.1. The zero-order valence-electron chi connectivity index (χ0n) is 49.8. The molecule has 5 heterocycles. The molecule has 1 amide bonds. The molecule has 0 unspecified atom stereocenters. The lowest BCUT2D eigenvalue weighted by Gasteiger charge is -2.50. The summed E-state index contributed by atoms with van der Waals surface area (Å²) in [5.41, 5.74) is -2.56. The number of ketones is 1. The van der Waals surface area contributed by atoms with Crippen molar-refractivity contribution < 1.29 is 76.8 Å². The number of hydrogen-bond donors (Lipinski definition) is 2. The number of ether oxygens (including phenoxy) is 10. The molecule has 4 aliphatic heterocycles. The number of fused-ring (bicyclic) bond motifs is 1. The van der Waals surface area contributed by atoms with Crippen LogP contribution in [0.5, 0.6) is 11.5 Å². The average Bonchev–Trinajstić information content (AvgIpc) is 4.08. The molecule has 2 aromatic rings. The van der Waals surface area contributed by atoms with E-state index in [2.05, 4.69) is 9.88 Å². The smallest absolute Gasteiger partial charge is 0.320 e. The Morgan fingerprint density at radius 3 is 2.17 bits per heavy atom. The number of amides is 1. The molecule has 23 heteroatoms. The van der Waals surface area contributed by atoms with Crippen molar-refractivity contribution in [3.05, 3.63) is 46.2 Å². The van der Waals surface area contributed by atoms with Crippen LogP contribution < -0.4 is 14.4 Å². The number of esters is 2. The molecule has 5 aliphatic rings. The molecule has 460 valence electrons. The van der Waals surface area contributed by atoms with Gasteiger partial charge in [0, 0.05) is 107 Å². The number of aliphatic hydroxyl groups excluding tert-OH is 2. The SMILES string of the molecule is COc1ccc(N(CCS[C@@H]2C(=O)O[C@@]3(C)[C@H]2[C@@H](C)C(=O)[C@H](C)C[C@@](C)(OC)[C@H](O[C@@H]2O[C@H](C)C[C@H](N(C)C(C)=O)[C@H]2O)[C@@H](C)[C@H](O[C@H]2C[C@@](C)(OC)[C@@H](O)[C@H](C)O2)[C@@H](C)C(=O)O[C@@H]3I)Cc2c(Cl)cncc2Cl)cc1OC1CCCC1. The lowest BCUT2D eigenvalue weighted by atomic mass is 9.72. The summed E-state index contributed by atoms with van der Waals surface area (Å²) in [6, 6.07) is 5.06. The van der Waals surface area contributed by atoms with Crippen LogP contribution in [0.1, 0.15) is 120 Å². The van der Waals surface area contributed by atoms with Crippen LogP contribution in [0.3, 0.4) is 0 Å². The van der Waals surface area contributed by atoms with Gasteiger partial charge in [0.05, 0.1) is 70.8 Å². The Balaban J connectivity index is 1.25. The molecule has 7 rings (SSSR count). The maximum absolute atomic E-state index is 15.4. The van der Waals surface area contributed by atoms with Crippen LogP contribution in [-0.2, 0) is 63.6 Å². The number of nitrogens with zero attached hydrogens (tertiary/aromatic N) is 3. The van der Waals surface area contributed by atoms with Gasteiger partial charge in [-0.2, -0.15) is 0 Å². The van der Waals surface area contributed by atoms with Gasteiger partial charge in [0.2, 0.25) is 5.91 Å². The summed E-state index contributed by atoms with van der Waals surface area (Å²) >= 11 is 16.8. The molecule has 82 heavy (non-hydrogen) atoms. The molecule has 0 bridgehead atoms. The molecular formula is C59H86Cl2IN3O16S. The first-order valence-electron chi connectivity index (χ1n) is 28.5. The first-order valence-corrected chi connectivity index (χ1v) is 31.6. The minimum atomic E-state index is -1.52. The second-order valence-corrected chi connectivity index (χ2v) is 27.0. The standard InChI is InChI=1S/C59H86Cl2IN3O16S/c1-30-25-58(9,74-14)52(79-55-48(68)42(23-31(2)75-55)64(11)36(7)66)33(4)49(78-45-26-57(8,73-13)51(69)35(6)76-45)34(5)53(70)80-56(62)59(10)46(32(3)47(30)67)50(54(71)81-59)82-22-21-65(29-39-40(60)27-63-28-41(39)61)37-19-20-43(72-12)44(24-37)77-38-17-15-16-18-38/h19-20,24,27-28,30-35,38,42,45-46,48-52,55-56,68-69H,15-18,21-23,25-26,29H2,1-14H3/t30-,31-,32-,33+,34-,35+,42+,45+,46+,48-,49+,50+,51+,52-,55+,56+,57-,58-,59+/m1/s1. The van der Waals surface area contributed by atoms with Crippen LogP contribution in [0.2, 0.25) is 10.0 Å². The number of methoxy groups -OCH3 is 3. The molecule has 19 atom stereocenters. The fourth-order valence-electron chi connectivity index (χ4n) is 12.9. The number of likely N-dealkylation sites (N-methyl/N-ethyl adjacent to an activating group) is 1. The van der Waals surface area contributed by atoms with Gasteiger partial charge >= 0.3 is 11.9 Å². The van der Waals surface area contributed by atoms with Crippen molar-refractivity contribution in [2.75, 3.05) is 45.6 Å². The topological polar surface area (TPSA) is 220 Å². The van der Waals surface area contributed by atoms with Crippen LogP contribution in [0.15, 0.2) is 30.6 Å². The number of benzene rings is 1. The first kappa shape index (κ1) is 66.7. The zero-order valence-corrected chi connectivity index (χ0v) is 54.3. The Kier molecular flexibility index (Phi) is 22.7. The van der Waals surface area contributed by atoms with Crippen LogP contribution in [-0.4, -0.2) is 172 Å². The number of carbonyl (C=O) groups is 4. The Bertz CT molecular complexity index is 2540. The highest BCUT2D eigenvalue weighted by Gasteiger charge is 2.62. The summed E-state index contributed by atoms with van der Waals surface area (Å²) in [7, 11) is 6.23. The molecule has 19 nitrogen and oxygen atoms in total. The van der Waals surface area contributed by atoms with Gasteiger partial charge in [-0.15, -0.1) is 11.8 Å². The van der Waals surface area contributed by atoms with Crippen LogP contribution in [0.4, 0.5) is 5.69 Å². The number of hydrogen-bond acceptors (Lipinski definition) is 19. The number of pyridine rings is 1. The van der Waals surface area contributed by atoms with E-state index >= 15 is 9.59 Å². The Hall–Kier alpha value is -2.81. The van der Waals surface area contributed by atoms with Gasteiger partial charge in [0.25, 0.3) is 0 Å². The Labute approximate surface area is 511 Å². The van der Waals surface area contributed by atoms with Gasteiger partial charge in [-0.3, -0.25) is 24.2 Å². The number of carbonyl (C=O) groups excluding carboxylic acids is 4. The highest BCUT2D eigenvalue weighted by Crippen LogP contribution is 2.51. The van der Waals surface area contributed by atoms with E-state index in [1.807, 2.05) is 61.6 Å². The second-order valence-electron chi connectivity index (χ2n) is 23.8. The fraction of sp³-hybridized carbons (Fsp3) is 0.746. The van der Waals surface area contributed by atoms with Crippen molar-refractivity contribution >= 4 is 86.9 Å². The molecule has 0 spiro atoms. The number of aliphatic hydroxyl groups is 2. The van der Waals surface area contributed by atoms with E-state index in [1.165, 1.54) is 37.8 Å². The monoisotopic (exact) mass is 1320 g/mol. The van der Waals surface area contributed by atoms with Crippen molar-refractivity contribution in [1.82, 2.24) is 9.88 Å². The number of alkyl halides is 1. The normalized spacial score (nSPS) is 37.8. The molecule has 1 aromatic carbocycles. The van der Waals surface area contributed by atoms with Gasteiger partial charge in [-0.05, 0) is 115 Å². The number of aromatic nitrogens is 1. The molecule has 4 saturated heterocycles. The molecule has 1 aromatic heterocycles. The Morgan fingerprint density at radius 2 is 1.55 bits per heavy atom. The first-order chi connectivity index (χ1) is 38.6. The molecule has 1 saturated carbocycles. The number of halogens is 3. The van der Waals surface area contributed by atoms with E-state index in [0.717, 1.165) is 31.4 Å². The maximum Gasteiger partial charge on any atom is 0.320 e. The highest BCUT2D eigenvalue weighted by molar-refractivity contribution is 14.1. The van der Waals surface area contributed by atoms with E-state index < -0.39 is 123 Å². The van der Waals surface area contributed by atoms with E-state index in [4.69, 9.17) is 70.6 Å². The van der Waals surface area contributed by atoms with Crippen LogP contribution >= 0.6 is 57.6 Å². The number of cyclic esters (lactones) is 1. The van der Waals surface area contributed by atoms with E-state index in [9.17, 15) is 19.8 Å². The summed E-state index contributed by atoms with van der Waals surface area (Å²) in [5.74, 6) is -4.53. The van der Waals surface area contributed by atoms with Crippen molar-refractivity contribution in [2.24, 2.45) is 29.6 Å². The van der Waals surface area contributed by atoms with Crippen molar-refractivity contribution in [1.29, 1.82) is 0 Å². The fourth-order valence-corrected chi connectivity index (χ4v) is 15.7. The summed E-state index contributed by atoms with van der Waals surface area (Å²) in [6.45, 7) is 18.0. The minimum Gasteiger partial charge on any atom is -0.493 e. The maximum atomic E-state index is 15.4. The lowest BCUT2D eigenvalue weighted by Crippen LogP contribution is -2.61. The van der Waals surface area contributed by atoms with Gasteiger partial charge < -0.3 is 67.4 Å². The Morgan fingerprint density at radius 1 is 0.890 bits per heavy atom. The molecule has 0 radical (unpaired) electrons. The summed E-state index contributed by atoms with van der Waals surface area (Å²) in [4.78, 5) is 65.6. The van der Waals surface area contributed by atoms with Gasteiger partial charge in [0.15, 0.2) is 33.8 Å². The zero-order chi connectivity index (χ0) is 60.3. The van der Waals surface area contributed by atoms with Gasteiger partial charge in [0.1, 0.15) is 23.2 Å². The van der Waals surface area contributed by atoms with Crippen molar-refractivity contribution in [2.45, 2.75) is 208 Å². The van der Waals surface area contributed by atoms with E-state index in [1.54, 1.807) is 68.1 Å². The van der Waals surface area contributed by atoms with E-state index in [0.29, 0.717) is 45.8 Å². The van der Waals surface area contributed by atoms with Crippen LogP contribution in [0, 0.1) is 29.6 Å². The quantitative estimate of drug-likeness (QED) is 0.0857. The minimum absolute atomic E-state index is 0.0559. The summed E-state index contributed by atoms with van der Waals surface area (Å²) < 4.78 is 63.0. The van der Waals surface area contributed by atoms with Gasteiger partial charge in [-0.1, -0.05) is 44.0 Å². The number of Topliss-reactive ketones (excluding diaryl/α,β-unsaturated/α-hetero) is 1. The predicted molar refractivity (Wildman–Crippen MR) is 318 cm³/mol. The summed E-state index contributed by atoms with van der Waals surface area (Å²) in [6.07, 6.45) is -0.450. The number of thioether (sulfide) groups is 1. The molecule has 5 fully saturated rings. The average molecular weight is 1320 g/mol. The summed E-state index contributed by atoms with van der Waals surface area (Å²) in [5, 5.41) is 23.1. The largest absolute Gasteiger partial charge is 0.493 e. The van der Waals surface area contributed by atoms with Crippen molar-refractivity contribution in [3.63, 3.8) is 0 Å². The van der Waals surface area contributed by atoms with Crippen molar-refractivity contribution in [3.8, 4) is 11.5 Å². The second kappa shape index (κ2) is 27.9. The third-order valence-corrected chi connectivity index (χ3v) is 21.5. The van der Waals surface area contributed by atoms with Crippen LogP contribution in [0.25, 0.3) is 0 Å². The highest BCUT2D eigenvalue weighted by atomic mass is 127. The number of rotatable bonds is 17. The third kappa shape index (κ3) is 14.4. The number of anilines is 1. The lowest BCUT2D eigenvalue weighted by molar-refractivity contribution is -0.319.